The lowest BCUT2D eigenvalue weighted by molar-refractivity contribution is -0.140. The van der Waals surface area contributed by atoms with Gasteiger partial charge in [0.25, 0.3) is 0 Å². The fourth-order valence-electron chi connectivity index (χ4n) is 2.92. The topological polar surface area (TPSA) is 72.5 Å². The molecule has 152 valence electrons. The standard InChI is InChI=1S/C21H26FNO4S/c1-27-21(24)12-8-3-2-7-11-20(17-9-5-4-6-10-17)23-28(25,26)19-15-13-18(22)14-16-19/h4-6,9-10,13-16,20,23H,2-3,7-8,11-12H2,1H3. The van der Waals surface area contributed by atoms with E-state index >= 15 is 0 Å². The molecule has 0 aliphatic heterocycles. The first kappa shape index (κ1) is 22.0. The minimum absolute atomic E-state index is 0.0351. The predicted octanol–water partition coefficient (Wildman–Crippen LogP) is 4.36. The Bertz CT molecular complexity index is 838. The fraction of sp³-hybridized carbons (Fsp3) is 0.381. The molecule has 1 N–H and O–H groups in total. The Morgan fingerprint density at radius 2 is 1.64 bits per heavy atom. The Morgan fingerprint density at radius 1 is 1.00 bits per heavy atom. The van der Waals surface area contributed by atoms with Crippen LogP contribution in [0.25, 0.3) is 0 Å². The molecule has 0 radical (unpaired) electrons. The number of hydrogen-bond donors (Lipinski definition) is 1. The number of carbonyl (C=O) groups excluding carboxylic acids is 1. The summed E-state index contributed by atoms with van der Waals surface area (Å²) in [6.45, 7) is 0. The van der Waals surface area contributed by atoms with Crippen LogP contribution >= 0.6 is 0 Å². The van der Waals surface area contributed by atoms with E-state index in [9.17, 15) is 17.6 Å². The first-order valence-corrected chi connectivity index (χ1v) is 10.8. The Morgan fingerprint density at radius 3 is 2.29 bits per heavy atom. The van der Waals surface area contributed by atoms with Crippen molar-refractivity contribution >= 4 is 16.0 Å². The molecule has 2 rings (SSSR count). The van der Waals surface area contributed by atoms with Crippen molar-refractivity contribution in [2.45, 2.75) is 49.5 Å². The first-order valence-electron chi connectivity index (χ1n) is 9.32. The van der Waals surface area contributed by atoms with Gasteiger partial charge in [0.05, 0.1) is 12.0 Å². The van der Waals surface area contributed by atoms with Gasteiger partial charge in [0, 0.05) is 12.5 Å². The van der Waals surface area contributed by atoms with Crippen LogP contribution in [-0.2, 0) is 19.6 Å². The van der Waals surface area contributed by atoms with Crippen molar-refractivity contribution in [2.75, 3.05) is 7.11 Å². The zero-order valence-corrected chi connectivity index (χ0v) is 16.8. The molecule has 0 aliphatic carbocycles. The van der Waals surface area contributed by atoms with Gasteiger partial charge in [-0.05, 0) is 42.7 Å². The number of nitrogens with one attached hydrogen (secondary N) is 1. The molecule has 2 aromatic rings. The number of benzene rings is 2. The van der Waals surface area contributed by atoms with Gasteiger partial charge in [-0.25, -0.2) is 17.5 Å². The molecule has 0 aromatic heterocycles. The van der Waals surface area contributed by atoms with Crippen molar-refractivity contribution in [2.24, 2.45) is 0 Å². The third-order valence-electron chi connectivity index (χ3n) is 4.47. The van der Waals surface area contributed by atoms with Crippen LogP contribution in [0.5, 0.6) is 0 Å². The van der Waals surface area contributed by atoms with Gasteiger partial charge in [-0.3, -0.25) is 4.79 Å². The molecule has 2 aromatic carbocycles. The van der Waals surface area contributed by atoms with Crippen LogP contribution in [0.2, 0.25) is 0 Å². The van der Waals surface area contributed by atoms with E-state index in [-0.39, 0.29) is 16.9 Å². The number of carbonyl (C=O) groups is 1. The van der Waals surface area contributed by atoms with Gasteiger partial charge < -0.3 is 4.74 Å². The van der Waals surface area contributed by atoms with Gasteiger partial charge in [-0.2, -0.15) is 0 Å². The van der Waals surface area contributed by atoms with Crippen LogP contribution in [0.1, 0.15) is 50.1 Å². The van der Waals surface area contributed by atoms with Gasteiger partial charge >= 0.3 is 5.97 Å². The highest BCUT2D eigenvalue weighted by Crippen LogP contribution is 2.23. The quantitative estimate of drug-likeness (QED) is 0.444. The minimum atomic E-state index is -3.76. The molecule has 0 heterocycles. The third kappa shape index (κ3) is 7.05. The summed E-state index contributed by atoms with van der Waals surface area (Å²) in [7, 11) is -2.39. The van der Waals surface area contributed by atoms with Crippen LogP contribution < -0.4 is 4.72 Å². The normalized spacial score (nSPS) is 12.5. The molecule has 7 heteroatoms. The number of sulfonamides is 1. The maximum atomic E-state index is 13.1. The lowest BCUT2D eigenvalue weighted by Crippen LogP contribution is -2.28. The number of methoxy groups -OCH3 is 1. The Kier molecular flexibility index (Phi) is 8.60. The summed E-state index contributed by atoms with van der Waals surface area (Å²) in [5, 5.41) is 0. The number of ether oxygens (including phenoxy) is 1. The van der Waals surface area contributed by atoms with E-state index in [0.29, 0.717) is 12.8 Å². The Labute approximate surface area is 166 Å². The summed E-state index contributed by atoms with van der Waals surface area (Å²) >= 11 is 0. The maximum Gasteiger partial charge on any atom is 0.305 e. The van der Waals surface area contributed by atoms with Crippen molar-refractivity contribution < 1.29 is 22.3 Å². The molecular weight excluding hydrogens is 381 g/mol. The molecule has 1 unspecified atom stereocenters. The number of halogens is 1. The lowest BCUT2D eigenvalue weighted by atomic mass is 10.0. The molecule has 28 heavy (non-hydrogen) atoms. The van der Waals surface area contributed by atoms with Gasteiger partial charge in [0.15, 0.2) is 0 Å². The van der Waals surface area contributed by atoms with E-state index in [4.69, 9.17) is 0 Å². The molecular formula is C21H26FNO4S. The second-order valence-corrected chi connectivity index (χ2v) is 8.28. The van der Waals surface area contributed by atoms with E-state index in [1.807, 2.05) is 30.3 Å². The second kappa shape index (κ2) is 10.9. The Balaban J connectivity index is 1.98. The van der Waals surface area contributed by atoms with Crippen molar-refractivity contribution in [3.63, 3.8) is 0 Å². The summed E-state index contributed by atoms with van der Waals surface area (Å²) in [5.74, 6) is -0.695. The zero-order valence-electron chi connectivity index (χ0n) is 15.9. The molecule has 0 spiro atoms. The van der Waals surface area contributed by atoms with E-state index in [0.717, 1.165) is 43.4 Å². The molecule has 0 aliphatic rings. The molecule has 1 atom stereocenters. The number of unbranched alkanes of at least 4 members (excludes halogenated alkanes) is 3. The van der Waals surface area contributed by atoms with E-state index in [1.54, 1.807) is 0 Å². The van der Waals surface area contributed by atoms with E-state index in [2.05, 4.69) is 9.46 Å². The highest BCUT2D eigenvalue weighted by Gasteiger charge is 2.21. The smallest absolute Gasteiger partial charge is 0.305 e. The summed E-state index contributed by atoms with van der Waals surface area (Å²) < 4.78 is 45.8. The average molecular weight is 408 g/mol. The van der Waals surface area contributed by atoms with E-state index < -0.39 is 15.8 Å². The largest absolute Gasteiger partial charge is 0.469 e. The summed E-state index contributed by atoms with van der Waals surface area (Å²) in [5.41, 5.74) is 0.878. The zero-order chi connectivity index (χ0) is 20.4. The van der Waals surface area contributed by atoms with Crippen molar-refractivity contribution in [1.29, 1.82) is 0 Å². The van der Waals surface area contributed by atoms with E-state index in [1.165, 1.54) is 19.2 Å². The van der Waals surface area contributed by atoms with Gasteiger partial charge in [-0.1, -0.05) is 49.6 Å². The van der Waals surface area contributed by atoms with Crippen molar-refractivity contribution in [3.8, 4) is 0 Å². The molecule has 0 saturated carbocycles. The van der Waals surface area contributed by atoms with Gasteiger partial charge in [0.1, 0.15) is 5.82 Å². The molecule has 0 amide bonds. The van der Waals surface area contributed by atoms with Crippen LogP contribution in [0.4, 0.5) is 4.39 Å². The molecule has 0 bridgehead atoms. The number of hydrogen-bond acceptors (Lipinski definition) is 4. The van der Waals surface area contributed by atoms with Crippen molar-refractivity contribution in [1.82, 2.24) is 4.72 Å². The fourth-order valence-corrected chi connectivity index (χ4v) is 4.18. The number of rotatable bonds is 11. The predicted molar refractivity (Wildman–Crippen MR) is 106 cm³/mol. The highest BCUT2D eigenvalue weighted by atomic mass is 32.2. The maximum absolute atomic E-state index is 13.1. The van der Waals surface area contributed by atoms with Crippen molar-refractivity contribution in [3.05, 3.63) is 66.0 Å². The second-order valence-electron chi connectivity index (χ2n) is 6.57. The summed E-state index contributed by atoms with van der Waals surface area (Å²) in [4.78, 5) is 11.2. The molecule has 0 saturated heterocycles. The van der Waals surface area contributed by atoms with Crippen LogP contribution in [0, 0.1) is 5.82 Å². The van der Waals surface area contributed by atoms with Crippen LogP contribution in [0.15, 0.2) is 59.5 Å². The van der Waals surface area contributed by atoms with Crippen LogP contribution in [0.3, 0.4) is 0 Å². The van der Waals surface area contributed by atoms with Crippen LogP contribution in [-0.4, -0.2) is 21.5 Å². The first-order chi connectivity index (χ1) is 13.4. The average Bonchev–Trinajstić information content (AvgIpc) is 2.70. The Hall–Kier alpha value is -2.25. The monoisotopic (exact) mass is 407 g/mol. The summed E-state index contributed by atoms with van der Waals surface area (Å²) in [6, 6.07) is 13.8. The molecule has 0 fully saturated rings. The number of esters is 1. The summed E-state index contributed by atoms with van der Waals surface area (Å²) in [6.07, 6.45) is 4.36. The molecule has 5 nitrogen and oxygen atoms in total. The minimum Gasteiger partial charge on any atom is -0.469 e. The highest BCUT2D eigenvalue weighted by molar-refractivity contribution is 7.89. The van der Waals surface area contributed by atoms with Gasteiger partial charge in [0.2, 0.25) is 10.0 Å². The third-order valence-corrected chi connectivity index (χ3v) is 5.96. The SMILES string of the molecule is COC(=O)CCCCCCC(NS(=O)(=O)c1ccc(F)cc1)c1ccccc1. The van der Waals surface area contributed by atoms with Gasteiger partial charge in [-0.15, -0.1) is 0 Å². The lowest BCUT2D eigenvalue weighted by Gasteiger charge is -2.19.